The number of rotatable bonds is 3. The van der Waals surface area contributed by atoms with Gasteiger partial charge in [-0.2, -0.15) is 0 Å². The number of furan rings is 1. The van der Waals surface area contributed by atoms with Gasteiger partial charge < -0.3 is 9.32 Å². The average Bonchev–Trinajstić information content (AvgIpc) is 3.37. The topological polar surface area (TPSA) is 70.8 Å². The second-order valence-corrected chi connectivity index (χ2v) is 9.75. The van der Waals surface area contributed by atoms with Crippen molar-refractivity contribution in [2.24, 2.45) is 0 Å². The van der Waals surface area contributed by atoms with Crippen LogP contribution in [-0.2, 0) is 16.4 Å². The molecule has 5 rings (SSSR count). The van der Waals surface area contributed by atoms with Crippen LogP contribution in [0, 0.1) is 0 Å². The summed E-state index contributed by atoms with van der Waals surface area (Å²) in [6.45, 7) is 0.484. The van der Waals surface area contributed by atoms with Gasteiger partial charge in [0.15, 0.2) is 5.76 Å². The Labute approximate surface area is 174 Å². The van der Waals surface area contributed by atoms with E-state index in [1.807, 2.05) is 36.4 Å². The SMILES string of the molecule is CN(C)S(=O)(=O)c1ccc2c(c1)CCN2C(=O)c1cc2c(ccc3ccccc32)o1. The third-order valence-electron chi connectivity index (χ3n) is 5.61. The van der Waals surface area contributed by atoms with E-state index in [-0.39, 0.29) is 16.6 Å². The number of carbonyl (C=O) groups excluding carboxylic acids is 1. The maximum absolute atomic E-state index is 13.2. The van der Waals surface area contributed by atoms with Crippen LogP contribution in [0.1, 0.15) is 16.1 Å². The Balaban J connectivity index is 1.52. The van der Waals surface area contributed by atoms with Gasteiger partial charge >= 0.3 is 0 Å². The van der Waals surface area contributed by atoms with E-state index in [0.29, 0.717) is 18.5 Å². The minimum atomic E-state index is -3.52. The standard InChI is InChI=1S/C23H20N2O4S/c1-24(2)30(27,28)17-8-9-20-16(13-17)11-12-25(20)23(26)22-14-19-18-6-4-3-5-15(18)7-10-21(19)29-22/h3-10,13-14H,11-12H2,1-2H3. The lowest BCUT2D eigenvalue weighted by atomic mass is 10.1. The van der Waals surface area contributed by atoms with E-state index in [1.54, 1.807) is 29.2 Å². The van der Waals surface area contributed by atoms with Crippen LogP contribution in [0.25, 0.3) is 21.7 Å². The van der Waals surface area contributed by atoms with Crippen LogP contribution in [0.4, 0.5) is 5.69 Å². The number of hydrogen-bond donors (Lipinski definition) is 0. The van der Waals surface area contributed by atoms with Crippen LogP contribution in [0.15, 0.2) is 70.0 Å². The molecule has 0 saturated carbocycles. The first-order chi connectivity index (χ1) is 14.4. The van der Waals surface area contributed by atoms with E-state index in [9.17, 15) is 13.2 Å². The minimum absolute atomic E-state index is 0.225. The highest BCUT2D eigenvalue weighted by Crippen LogP contribution is 2.34. The molecule has 6 nitrogen and oxygen atoms in total. The highest BCUT2D eigenvalue weighted by atomic mass is 32.2. The van der Waals surface area contributed by atoms with Gasteiger partial charge in [0.05, 0.1) is 4.90 Å². The lowest BCUT2D eigenvalue weighted by molar-refractivity contribution is 0.0965. The molecular formula is C23H20N2O4S. The Kier molecular flexibility index (Phi) is 4.20. The zero-order valence-electron chi connectivity index (χ0n) is 16.6. The molecule has 30 heavy (non-hydrogen) atoms. The normalized spacial score (nSPS) is 14.0. The molecule has 1 aliphatic rings. The zero-order chi connectivity index (χ0) is 21.0. The van der Waals surface area contributed by atoms with E-state index >= 15 is 0 Å². The van der Waals surface area contributed by atoms with Crippen LogP contribution in [0.5, 0.6) is 0 Å². The predicted molar refractivity (Wildman–Crippen MR) is 116 cm³/mol. The lowest BCUT2D eigenvalue weighted by Gasteiger charge is -2.17. The molecule has 4 aromatic rings. The number of anilines is 1. The highest BCUT2D eigenvalue weighted by Gasteiger charge is 2.29. The summed E-state index contributed by atoms with van der Waals surface area (Å²) in [4.78, 5) is 15.1. The summed E-state index contributed by atoms with van der Waals surface area (Å²) in [6.07, 6.45) is 0.598. The minimum Gasteiger partial charge on any atom is -0.451 e. The Hall–Kier alpha value is -3.16. The Morgan fingerprint density at radius 2 is 1.80 bits per heavy atom. The summed E-state index contributed by atoms with van der Waals surface area (Å²) in [5, 5.41) is 3.03. The van der Waals surface area contributed by atoms with Crippen molar-refractivity contribution >= 4 is 43.4 Å². The average molecular weight is 420 g/mol. The maximum atomic E-state index is 13.2. The van der Waals surface area contributed by atoms with Gasteiger partial charge in [-0.25, -0.2) is 12.7 Å². The maximum Gasteiger partial charge on any atom is 0.294 e. The third-order valence-corrected chi connectivity index (χ3v) is 7.42. The Morgan fingerprint density at radius 3 is 2.60 bits per heavy atom. The number of carbonyl (C=O) groups is 1. The predicted octanol–water partition coefficient (Wildman–Crippen LogP) is 4.04. The van der Waals surface area contributed by atoms with Crippen LogP contribution < -0.4 is 4.90 Å². The van der Waals surface area contributed by atoms with E-state index in [1.165, 1.54) is 18.4 Å². The fourth-order valence-electron chi connectivity index (χ4n) is 3.99. The van der Waals surface area contributed by atoms with Crippen molar-refractivity contribution in [1.82, 2.24) is 4.31 Å². The molecule has 0 unspecified atom stereocenters. The monoisotopic (exact) mass is 420 g/mol. The quantitative estimate of drug-likeness (QED) is 0.502. The fraction of sp³-hybridized carbons (Fsp3) is 0.174. The van der Waals surface area contributed by atoms with Gasteiger partial charge in [-0.3, -0.25) is 4.79 Å². The van der Waals surface area contributed by atoms with Gasteiger partial charge in [-0.15, -0.1) is 0 Å². The molecule has 0 atom stereocenters. The Bertz CT molecular complexity index is 1420. The molecule has 3 aromatic carbocycles. The van der Waals surface area contributed by atoms with Crippen molar-refractivity contribution in [3.05, 3.63) is 72.0 Å². The van der Waals surface area contributed by atoms with Crippen molar-refractivity contribution < 1.29 is 17.6 Å². The van der Waals surface area contributed by atoms with Crippen LogP contribution in [-0.4, -0.2) is 39.3 Å². The second-order valence-electron chi connectivity index (χ2n) is 7.59. The summed E-state index contributed by atoms with van der Waals surface area (Å²) in [5.41, 5.74) is 2.24. The molecule has 0 saturated heterocycles. The van der Waals surface area contributed by atoms with E-state index in [4.69, 9.17) is 4.42 Å². The van der Waals surface area contributed by atoms with Crippen molar-refractivity contribution in [2.45, 2.75) is 11.3 Å². The molecule has 1 aromatic heterocycles. The first kappa shape index (κ1) is 18.8. The first-order valence-electron chi connectivity index (χ1n) is 9.65. The van der Waals surface area contributed by atoms with Crippen molar-refractivity contribution in [1.29, 1.82) is 0 Å². The number of fused-ring (bicyclic) bond motifs is 4. The molecule has 2 heterocycles. The second kappa shape index (κ2) is 6.68. The zero-order valence-corrected chi connectivity index (χ0v) is 17.4. The van der Waals surface area contributed by atoms with Gasteiger partial charge in [0, 0.05) is 31.7 Å². The molecule has 0 N–H and O–H groups in total. The summed E-state index contributed by atoms with van der Waals surface area (Å²) >= 11 is 0. The molecular weight excluding hydrogens is 400 g/mol. The summed E-state index contributed by atoms with van der Waals surface area (Å²) in [6, 6.07) is 18.5. The molecule has 0 fully saturated rings. The molecule has 0 spiro atoms. The molecule has 0 radical (unpaired) electrons. The van der Waals surface area contributed by atoms with Gasteiger partial charge in [0.2, 0.25) is 10.0 Å². The largest absolute Gasteiger partial charge is 0.451 e. The van der Waals surface area contributed by atoms with Gasteiger partial charge in [-0.05, 0) is 53.1 Å². The fourth-order valence-corrected chi connectivity index (χ4v) is 4.94. The number of benzene rings is 3. The molecule has 0 aliphatic carbocycles. The molecule has 152 valence electrons. The van der Waals surface area contributed by atoms with Crippen molar-refractivity contribution in [3.8, 4) is 0 Å². The van der Waals surface area contributed by atoms with Gasteiger partial charge in [0.1, 0.15) is 5.58 Å². The van der Waals surface area contributed by atoms with Gasteiger partial charge in [-0.1, -0.05) is 30.3 Å². The van der Waals surface area contributed by atoms with Crippen molar-refractivity contribution in [2.75, 3.05) is 25.5 Å². The highest BCUT2D eigenvalue weighted by molar-refractivity contribution is 7.89. The lowest BCUT2D eigenvalue weighted by Crippen LogP contribution is -2.28. The Morgan fingerprint density at radius 1 is 1.00 bits per heavy atom. The van der Waals surface area contributed by atoms with Crippen LogP contribution in [0.2, 0.25) is 0 Å². The molecule has 1 aliphatic heterocycles. The molecule has 7 heteroatoms. The third kappa shape index (κ3) is 2.81. The summed E-state index contributed by atoms with van der Waals surface area (Å²) < 4.78 is 31.9. The van der Waals surface area contributed by atoms with Gasteiger partial charge in [0.25, 0.3) is 5.91 Å². The van der Waals surface area contributed by atoms with E-state index < -0.39 is 10.0 Å². The number of hydrogen-bond acceptors (Lipinski definition) is 4. The number of amides is 1. The summed E-state index contributed by atoms with van der Waals surface area (Å²) in [5.74, 6) is 0.0523. The summed E-state index contributed by atoms with van der Waals surface area (Å²) in [7, 11) is -0.508. The van der Waals surface area contributed by atoms with E-state index in [0.717, 1.165) is 27.4 Å². The number of nitrogens with zero attached hydrogens (tertiary/aromatic N) is 2. The first-order valence-corrected chi connectivity index (χ1v) is 11.1. The smallest absolute Gasteiger partial charge is 0.294 e. The van der Waals surface area contributed by atoms with Crippen LogP contribution >= 0.6 is 0 Å². The van der Waals surface area contributed by atoms with Crippen LogP contribution in [0.3, 0.4) is 0 Å². The number of sulfonamides is 1. The van der Waals surface area contributed by atoms with E-state index in [2.05, 4.69) is 0 Å². The molecule has 1 amide bonds. The van der Waals surface area contributed by atoms with Crippen molar-refractivity contribution in [3.63, 3.8) is 0 Å². The molecule has 0 bridgehead atoms.